The van der Waals surface area contributed by atoms with Crippen molar-refractivity contribution in [2.75, 3.05) is 20.6 Å². The van der Waals surface area contributed by atoms with Crippen LogP contribution in [0, 0.1) is 24.7 Å². The fraction of sp³-hybridized carbons (Fsp3) is 0.556. The third-order valence-corrected chi connectivity index (χ3v) is 4.85. The van der Waals surface area contributed by atoms with Crippen molar-refractivity contribution >= 4 is 5.57 Å². The van der Waals surface area contributed by atoms with Gasteiger partial charge in [-0.3, -0.25) is 0 Å². The van der Waals surface area contributed by atoms with Crippen LogP contribution >= 0.6 is 0 Å². The van der Waals surface area contributed by atoms with Gasteiger partial charge in [-0.2, -0.15) is 0 Å². The Bertz CT molecular complexity index is 512. The first-order valence-electron chi connectivity index (χ1n) is 7.70. The lowest BCUT2D eigenvalue weighted by Crippen LogP contribution is -2.29. The molecule has 0 spiro atoms. The fourth-order valence-corrected chi connectivity index (χ4v) is 4.08. The first-order valence-corrected chi connectivity index (χ1v) is 7.70. The van der Waals surface area contributed by atoms with Crippen LogP contribution in [0.25, 0.3) is 5.57 Å². The van der Waals surface area contributed by atoms with E-state index in [4.69, 9.17) is 0 Å². The second-order valence-corrected chi connectivity index (χ2v) is 6.88. The van der Waals surface area contributed by atoms with Gasteiger partial charge in [-0.05, 0) is 86.9 Å². The van der Waals surface area contributed by atoms with Crippen LogP contribution in [0.15, 0.2) is 24.3 Å². The summed E-state index contributed by atoms with van der Waals surface area (Å²) in [4.78, 5) is 2.30. The number of nitrogens with zero attached hydrogens (tertiary/aromatic N) is 1. The summed E-state index contributed by atoms with van der Waals surface area (Å²) in [7, 11) is 4.32. The molecular formula is C18H25NO. The van der Waals surface area contributed by atoms with E-state index in [-0.39, 0.29) is 0 Å². The number of rotatable bonds is 3. The molecule has 0 saturated heterocycles. The first kappa shape index (κ1) is 13.7. The van der Waals surface area contributed by atoms with Crippen molar-refractivity contribution in [3.63, 3.8) is 0 Å². The predicted octanol–water partition coefficient (Wildman–Crippen LogP) is 3.69. The maximum absolute atomic E-state index is 9.90. The molecule has 0 heterocycles. The van der Waals surface area contributed by atoms with Crippen LogP contribution in [-0.4, -0.2) is 30.6 Å². The Morgan fingerprint density at radius 1 is 1.20 bits per heavy atom. The Morgan fingerprint density at radius 2 is 2.00 bits per heavy atom. The summed E-state index contributed by atoms with van der Waals surface area (Å²) in [5.74, 6) is 2.59. The van der Waals surface area contributed by atoms with E-state index in [0.29, 0.717) is 11.7 Å². The molecule has 1 fully saturated rings. The first-order chi connectivity index (χ1) is 9.52. The minimum Gasteiger partial charge on any atom is -0.508 e. The summed E-state index contributed by atoms with van der Waals surface area (Å²) in [6, 6.07) is 5.99. The third-order valence-electron chi connectivity index (χ3n) is 4.85. The summed E-state index contributed by atoms with van der Waals surface area (Å²) in [5, 5.41) is 9.90. The van der Waals surface area contributed by atoms with Crippen LogP contribution < -0.4 is 0 Å². The van der Waals surface area contributed by atoms with Gasteiger partial charge in [0.15, 0.2) is 0 Å². The number of hydrogen-bond donors (Lipinski definition) is 1. The molecule has 108 valence electrons. The number of aromatic hydroxyl groups is 1. The Kier molecular flexibility index (Phi) is 3.59. The number of aryl methyl sites for hydroxylation is 1. The molecule has 0 radical (unpaired) electrons. The summed E-state index contributed by atoms with van der Waals surface area (Å²) in [6.45, 7) is 3.17. The van der Waals surface area contributed by atoms with Crippen LogP contribution in [0.4, 0.5) is 0 Å². The van der Waals surface area contributed by atoms with Gasteiger partial charge < -0.3 is 10.0 Å². The predicted molar refractivity (Wildman–Crippen MR) is 83.7 cm³/mol. The number of phenolic OH excluding ortho intramolecular Hbond substituents is 1. The van der Waals surface area contributed by atoms with Gasteiger partial charge in [-0.25, -0.2) is 0 Å². The van der Waals surface area contributed by atoms with Gasteiger partial charge in [0.05, 0.1) is 0 Å². The maximum Gasteiger partial charge on any atom is 0.116 e. The van der Waals surface area contributed by atoms with Gasteiger partial charge in [-0.15, -0.1) is 0 Å². The molecule has 3 atom stereocenters. The Morgan fingerprint density at radius 3 is 2.70 bits per heavy atom. The van der Waals surface area contributed by atoms with Crippen molar-refractivity contribution in [3.8, 4) is 5.75 Å². The molecule has 1 aromatic rings. The molecule has 0 aromatic heterocycles. The molecule has 0 aliphatic heterocycles. The van der Waals surface area contributed by atoms with Crippen LogP contribution in [0.3, 0.4) is 0 Å². The topological polar surface area (TPSA) is 23.5 Å². The molecule has 20 heavy (non-hydrogen) atoms. The van der Waals surface area contributed by atoms with Crippen molar-refractivity contribution in [1.82, 2.24) is 4.90 Å². The van der Waals surface area contributed by atoms with E-state index in [9.17, 15) is 5.11 Å². The molecule has 1 N–H and O–H groups in total. The molecule has 1 aromatic carbocycles. The molecule has 3 rings (SSSR count). The molecule has 2 aliphatic rings. The Balaban J connectivity index is 1.99. The average Bonchev–Trinajstić information content (AvgIpc) is 2.74. The smallest absolute Gasteiger partial charge is 0.116 e. The summed E-state index contributed by atoms with van der Waals surface area (Å²) in [5.41, 5.74) is 3.84. The number of hydrogen-bond acceptors (Lipinski definition) is 2. The van der Waals surface area contributed by atoms with Crippen LogP contribution in [0.5, 0.6) is 5.75 Å². The van der Waals surface area contributed by atoms with E-state index in [1.54, 1.807) is 0 Å². The van der Waals surface area contributed by atoms with E-state index < -0.39 is 0 Å². The van der Waals surface area contributed by atoms with E-state index in [1.165, 1.54) is 30.4 Å². The second kappa shape index (κ2) is 5.25. The van der Waals surface area contributed by atoms with Crippen LogP contribution in [0.2, 0.25) is 0 Å². The second-order valence-electron chi connectivity index (χ2n) is 6.88. The van der Waals surface area contributed by atoms with Crippen molar-refractivity contribution < 1.29 is 5.11 Å². The molecule has 0 amide bonds. The normalized spacial score (nSPS) is 28.8. The minimum atomic E-state index is 0.391. The van der Waals surface area contributed by atoms with Crippen molar-refractivity contribution in [2.45, 2.75) is 26.2 Å². The van der Waals surface area contributed by atoms with E-state index in [2.05, 4.69) is 38.1 Å². The fourth-order valence-electron chi connectivity index (χ4n) is 4.08. The summed E-state index contributed by atoms with van der Waals surface area (Å²) in [6.07, 6.45) is 6.56. The zero-order valence-electron chi connectivity index (χ0n) is 12.8. The average molecular weight is 271 g/mol. The van der Waals surface area contributed by atoms with Crippen molar-refractivity contribution in [1.29, 1.82) is 0 Å². The van der Waals surface area contributed by atoms with Crippen molar-refractivity contribution in [2.24, 2.45) is 17.8 Å². The van der Waals surface area contributed by atoms with Gasteiger partial charge in [0.25, 0.3) is 0 Å². The van der Waals surface area contributed by atoms with Crippen LogP contribution in [-0.2, 0) is 0 Å². The SMILES string of the molecule is Cc1cc(O)cc(C2=CC3CCC(C3)[C@@H]2CN(C)C)c1. The molecule has 2 aliphatic carbocycles. The van der Waals surface area contributed by atoms with Gasteiger partial charge in [-0.1, -0.05) is 12.1 Å². The molecule has 1 saturated carbocycles. The zero-order valence-corrected chi connectivity index (χ0v) is 12.8. The maximum atomic E-state index is 9.90. The number of fused-ring (bicyclic) bond motifs is 2. The highest BCUT2D eigenvalue weighted by Gasteiger charge is 2.37. The van der Waals surface area contributed by atoms with Gasteiger partial charge in [0.2, 0.25) is 0 Å². The van der Waals surface area contributed by atoms with E-state index in [1.807, 2.05) is 12.1 Å². The van der Waals surface area contributed by atoms with E-state index >= 15 is 0 Å². The van der Waals surface area contributed by atoms with Gasteiger partial charge >= 0.3 is 0 Å². The molecule has 2 unspecified atom stereocenters. The minimum absolute atomic E-state index is 0.391. The molecular weight excluding hydrogens is 246 g/mol. The summed E-state index contributed by atoms with van der Waals surface area (Å²) >= 11 is 0. The van der Waals surface area contributed by atoms with Gasteiger partial charge in [0.1, 0.15) is 5.75 Å². The van der Waals surface area contributed by atoms with Gasteiger partial charge in [0, 0.05) is 6.54 Å². The lowest BCUT2D eigenvalue weighted by molar-refractivity contribution is 0.289. The standard InChI is InChI=1S/C18H25NO/c1-12-6-15(10-16(20)7-12)17-9-13-4-5-14(8-13)18(17)11-19(2)3/h6-7,9-10,13-14,18,20H,4-5,8,11H2,1-3H3/t13?,14?,18-/m0/s1. The highest BCUT2D eigenvalue weighted by atomic mass is 16.3. The third kappa shape index (κ3) is 2.62. The Labute approximate surface area is 122 Å². The molecule has 2 nitrogen and oxygen atoms in total. The van der Waals surface area contributed by atoms with Crippen LogP contribution in [0.1, 0.15) is 30.4 Å². The highest BCUT2D eigenvalue weighted by Crippen LogP contribution is 2.48. The number of allylic oxidation sites excluding steroid dienone is 1. The lowest BCUT2D eigenvalue weighted by atomic mass is 9.76. The lowest BCUT2D eigenvalue weighted by Gasteiger charge is -2.33. The zero-order chi connectivity index (χ0) is 14.3. The molecule has 2 bridgehead atoms. The van der Waals surface area contributed by atoms with Crippen molar-refractivity contribution in [3.05, 3.63) is 35.4 Å². The number of phenols is 1. The van der Waals surface area contributed by atoms with E-state index in [0.717, 1.165) is 23.9 Å². The molecule has 2 heteroatoms. The highest BCUT2D eigenvalue weighted by molar-refractivity contribution is 5.71. The Hall–Kier alpha value is -1.28. The largest absolute Gasteiger partial charge is 0.508 e. The summed E-state index contributed by atoms with van der Waals surface area (Å²) < 4.78 is 0. The number of benzene rings is 1. The quantitative estimate of drug-likeness (QED) is 0.906. The monoisotopic (exact) mass is 271 g/mol.